The number of aromatic nitrogens is 2. The van der Waals surface area contributed by atoms with Gasteiger partial charge in [0.05, 0.1) is 10.7 Å². The maximum absolute atomic E-state index is 12.1. The third-order valence-electron chi connectivity index (χ3n) is 3.28. The number of aryl methyl sites for hydroxylation is 2. The van der Waals surface area contributed by atoms with Gasteiger partial charge in [0, 0.05) is 25.4 Å². The lowest BCUT2D eigenvalue weighted by molar-refractivity contribution is -0.116. The maximum atomic E-state index is 12.1. The minimum Gasteiger partial charge on any atom is -0.435 e. The van der Waals surface area contributed by atoms with Crippen LogP contribution < -0.4 is 10.1 Å². The first-order valence-corrected chi connectivity index (χ1v) is 8.02. The number of carbonyl (C=O) groups is 1. The smallest absolute Gasteiger partial charge is 0.387 e. The van der Waals surface area contributed by atoms with Crippen molar-refractivity contribution in [1.29, 1.82) is 0 Å². The molecule has 0 spiro atoms. The molecule has 0 saturated heterocycles. The Morgan fingerprint density at radius 3 is 2.72 bits per heavy atom. The van der Waals surface area contributed by atoms with E-state index in [1.807, 2.05) is 6.92 Å². The van der Waals surface area contributed by atoms with Gasteiger partial charge < -0.3 is 10.1 Å². The lowest BCUT2D eigenvalue weighted by Gasteiger charge is -2.04. The lowest BCUT2D eigenvalue weighted by Crippen LogP contribution is -2.23. The van der Waals surface area contributed by atoms with Crippen molar-refractivity contribution in [3.8, 4) is 5.75 Å². The Kier molecular flexibility index (Phi) is 6.94. The highest BCUT2D eigenvalue weighted by Gasteiger charge is 2.03. The molecule has 0 aliphatic carbocycles. The number of carbonyl (C=O) groups excluding carboxylic acids is 1. The molecule has 5 nitrogen and oxygen atoms in total. The number of nitrogens with one attached hydrogen (secondary N) is 1. The molecule has 0 radical (unpaired) electrons. The van der Waals surface area contributed by atoms with E-state index in [-0.39, 0.29) is 11.7 Å². The van der Waals surface area contributed by atoms with Gasteiger partial charge in [-0.25, -0.2) is 0 Å². The van der Waals surface area contributed by atoms with E-state index in [1.165, 1.54) is 18.2 Å². The van der Waals surface area contributed by atoms with Crippen LogP contribution in [0.4, 0.5) is 8.78 Å². The molecule has 8 heteroatoms. The lowest BCUT2D eigenvalue weighted by atomic mass is 10.2. The van der Waals surface area contributed by atoms with E-state index in [4.69, 9.17) is 11.6 Å². The first kappa shape index (κ1) is 18.9. The predicted octanol–water partition coefficient (Wildman–Crippen LogP) is 3.67. The van der Waals surface area contributed by atoms with Crippen LogP contribution in [0.3, 0.4) is 0 Å². The summed E-state index contributed by atoms with van der Waals surface area (Å²) in [6.07, 6.45) is 5.45. The van der Waals surface area contributed by atoms with E-state index < -0.39 is 6.61 Å². The van der Waals surface area contributed by atoms with Gasteiger partial charge in [0.1, 0.15) is 5.75 Å². The molecule has 0 aliphatic heterocycles. The first-order valence-electron chi connectivity index (χ1n) is 7.64. The molecule has 1 heterocycles. The molecule has 25 heavy (non-hydrogen) atoms. The molecule has 0 atom stereocenters. The van der Waals surface area contributed by atoms with Crippen LogP contribution in [0.15, 0.2) is 36.5 Å². The SMILES string of the molecule is Cc1nn(CCCNC(=O)/C=C\c2ccc(OC(F)F)cc2)cc1Cl. The Balaban J connectivity index is 1.71. The standard InChI is InChI=1S/C17H18ClF2N3O2/c1-12-15(18)11-23(22-12)10-2-9-21-16(24)8-5-13-3-6-14(7-4-13)25-17(19)20/h3-8,11,17H,2,9-10H2,1H3,(H,21,24)/b8-5-. The van der Waals surface area contributed by atoms with Gasteiger partial charge >= 0.3 is 6.61 Å². The normalized spacial score (nSPS) is 11.2. The van der Waals surface area contributed by atoms with E-state index >= 15 is 0 Å². The predicted molar refractivity (Wildman–Crippen MR) is 91.7 cm³/mol. The number of alkyl halides is 2. The number of amides is 1. The van der Waals surface area contributed by atoms with Crippen molar-refractivity contribution in [3.63, 3.8) is 0 Å². The Labute approximate surface area is 149 Å². The van der Waals surface area contributed by atoms with Crippen molar-refractivity contribution >= 4 is 23.6 Å². The van der Waals surface area contributed by atoms with Crippen molar-refractivity contribution in [3.05, 3.63) is 52.8 Å². The van der Waals surface area contributed by atoms with E-state index in [9.17, 15) is 13.6 Å². The molecule has 1 aromatic heterocycles. The van der Waals surface area contributed by atoms with Crippen LogP contribution in [0.1, 0.15) is 17.7 Å². The maximum Gasteiger partial charge on any atom is 0.387 e. The fraction of sp³-hybridized carbons (Fsp3) is 0.294. The topological polar surface area (TPSA) is 56.2 Å². The minimum atomic E-state index is -2.85. The molecule has 2 rings (SSSR count). The molecule has 1 amide bonds. The summed E-state index contributed by atoms with van der Waals surface area (Å²) in [6, 6.07) is 6.01. The number of rotatable bonds is 8. The molecular formula is C17H18ClF2N3O2. The van der Waals surface area contributed by atoms with Crippen molar-refractivity contribution in [2.45, 2.75) is 26.5 Å². The Morgan fingerprint density at radius 2 is 2.12 bits per heavy atom. The van der Waals surface area contributed by atoms with Crippen molar-refractivity contribution in [1.82, 2.24) is 15.1 Å². The summed E-state index contributed by atoms with van der Waals surface area (Å²) in [5, 5.41) is 7.61. The Morgan fingerprint density at radius 1 is 1.40 bits per heavy atom. The fourth-order valence-electron chi connectivity index (χ4n) is 2.05. The summed E-state index contributed by atoms with van der Waals surface area (Å²) in [4.78, 5) is 11.7. The molecule has 1 N–H and O–H groups in total. The molecule has 1 aromatic carbocycles. The highest BCUT2D eigenvalue weighted by molar-refractivity contribution is 6.31. The summed E-state index contributed by atoms with van der Waals surface area (Å²) >= 11 is 5.92. The number of hydrogen-bond acceptors (Lipinski definition) is 3. The summed E-state index contributed by atoms with van der Waals surface area (Å²) in [6.45, 7) is 0.135. The molecule has 0 bridgehead atoms. The molecule has 0 saturated carbocycles. The second-order valence-corrected chi connectivity index (χ2v) is 5.66. The third-order valence-corrected chi connectivity index (χ3v) is 3.65. The van der Waals surface area contributed by atoms with Crippen LogP contribution in [0.5, 0.6) is 5.75 Å². The monoisotopic (exact) mass is 369 g/mol. The van der Waals surface area contributed by atoms with Crippen LogP contribution in [0.2, 0.25) is 5.02 Å². The fourth-order valence-corrected chi connectivity index (χ4v) is 2.20. The van der Waals surface area contributed by atoms with Gasteiger partial charge in [-0.3, -0.25) is 9.48 Å². The first-order chi connectivity index (χ1) is 11.9. The zero-order valence-corrected chi connectivity index (χ0v) is 14.3. The van der Waals surface area contributed by atoms with Gasteiger partial charge in [-0.05, 0) is 37.1 Å². The minimum absolute atomic E-state index is 0.0746. The van der Waals surface area contributed by atoms with E-state index in [0.29, 0.717) is 23.7 Å². The average Bonchev–Trinajstić information content (AvgIpc) is 2.88. The Bertz CT molecular complexity index is 710. The molecule has 2 aromatic rings. The number of nitrogens with zero attached hydrogens (tertiary/aromatic N) is 2. The molecule has 0 aliphatic rings. The zero-order chi connectivity index (χ0) is 18.2. The molecule has 0 unspecified atom stereocenters. The van der Waals surface area contributed by atoms with Crippen LogP contribution in [0, 0.1) is 6.92 Å². The number of hydrogen-bond donors (Lipinski definition) is 1. The third kappa shape index (κ3) is 6.54. The number of ether oxygens (including phenoxy) is 1. The number of halogens is 3. The zero-order valence-electron chi connectivity index (χ0n) is 13.6. The summed E-state index contributed by atoms with van der Waals surface area (Å²) < 4.78 is 30.1. The second kappa shape index (κ2) is 9.17. The van der Waals surface area contributed by atoms with Crippen LogP contribution in [-0.2, 0) is 11.3 Å². The van der Waals surface area contributed by atoms with Crippen LogP contribution in [0.25, 0.3) is 6.08 Å². The van der Waals surface area contributed by atoms with E-state index in [1.54, 1.807) is 29.1 Å². The second-order valence-electron chi connectivity index (χ2n) is 5.25. The van der Waals surface area contributed by atoms with Crippen molar-refractivity contribution in [2.75, 3.05) is 6.54 Å². The molecule has 0 fully saturated rings. The van der Waals surface area contributed by atoms with Crippen molar-refractivity contribution in [2.24, 2.45) is 0 Å². The van der Waals surface area contributed by atoms with Gasteiger partial charge in [-0.15, -0.1) is 0 Å². The van der Waals surface area contributed by atoms with E-state index in [0.717, 1.165) is 12.1 Å². The van der Waals surface area contributed by atoms with Crippen LogP contribution >= 0.6 is 11.6 Å². The van der Waals surface area contributed by atoms with Gasteiger partial charge in [-0.1, -0.05) is 23.7 Å². The largest absolute Gasteiger partial charge is 0.435 e. The summed E-state index contributed by atoms with van der Waals surface area (Å²) in [7, 11) is 0. The highest BCUT2D eigenvalue weighted by atomic mass is 35.5. The van der Waals surface area contributed by atoms with Gasteiger partial charge in [0.15, 0.2) is 0 Å². The van der Waals surface area contributed by atoms with Gasteiger partial charge in [-0.2, -0.15) is 13.9 Å². The average molecular weight is 370 g/mol. The summed E-state index contributed by atoms with van der Waals surface area (Å²) in [5.41, 5.74) is 1.48. The van der Waals surface area contributed by atoms with E-state index in [2.05, 4.69) is 15.2 Å². The Hall–Kier alpha value is -2.41. The van der Waals surface area contributed by atoms with Crippen molar-refractivity contribution < 1.29 is 18.3 Å². The molecular weight excluding hydrogens is 352 g/mol. The quantitative estimate of drug-likeness (QED) is 0.570. The molecule has 134 valence electrons. The van der Waals surface area contributed by atoms with Crippen LogP contribution in [-0.4, -0.2) is 28.8 Å². The van der Waals surface area contributed by atoms with Gasteiger partial charge in [0.2, 0.25) is 5.91 Å². The summed E-state index contributed by atoms with van der Waals surface area (Å²) in [5.74, 6) is -0.159. The highest BCUT2D eigenvalue weighted by Crippen LogP contribution is 2.15. The number of benzene rings is 1. The van der Waals surface area contributed by atoms with Gasteiger partial charge in [0.25, 0.3) is 0 Å².